The maximum atomic E-state index is 4.20. The average Bonchev–Trinajstić information content (AvgIpc) is 1.41. The molecule has 0 fully saturated rings. The first-order valence-corrected chi connectivity index (χ1v) is 1.53. The van der Waals surface area contributed by atoms with Gasteiger partial charge in [0.1, 0.15) is 0 Å². The van der Waals surface area contributed by atoms with Crippen molar-refractivity contribution in [1.29, 1.82) is 0 Å². The van der Waals surface area contributed by atoms with Crippen molar-refractivity contribution in [2.24, 2.45) is 4.99 Å². The molecule has 0 atom stereocenters. The van der Waals surface area contributed by atoms with E-state index in [2.05, 4.69) is 28.1 Å². The Hall–Kier alpha value is -0.420. The largest absolute Gasteiger partial charge is 0.238 e. The minimum Gasteiger partial charge on any atom is -0.238 e. The van der Waals surface area contributed by atoms with Gasteiger partial charge in [0.15, 0.2) is 0 Å². The van der Waals surface area contributed by atoms with Crippen LogP contribution in [-0.4, -0.2) is 17.9 Å². The van der Waals surface area contributed by atoms with E-state index in [1.807, 2.05) is 0 Å². The molecule has 0 amide bonds. The second-order valence-corrected chi connectivity index (χ2v) is 0.642. The first-order valence-electron chi connectivity index (χ1n) is 1.12. The molecule has 0 aromatic rings. The third kappa shape index (κ3) is 3.58. The van der Waals surface area contributed by atoms with Crippen molar-refractivity contribution in [2.45, 2.75) is 0 Å². The fourth-order valence-corrected chi connectivity index (χ4v) is 0.137. The number of thiocarbonyl (C=S) groups is 1. The fraction of sp³-hybridized carbons (Fsp3) is 0.333. The molecule has 0 aliphatic heterocycles. The molecule has 0 spiro atoms. The Kier molecular flexibility index (Phi) is 3.28. The maximum Gasteiger partial charge on any atom is 0.0453 e. The van der Waals surface area contributed by atoms with Gasteiger partial charge >= 0.3 is 0 Å². The zero-order chi connectivity index (χ0) is 4.12. The lowest BCUT2D eigenvalue weighted by Gasteiger charge is -1.42. The smallest absolute Gasteiger partial charge is 0.0453 e. The molecule has 0 aliphatic rings. The Balaban J connectivity index is 3.75. The molecule has 0 bridgehead atoms. The molecule has 0 unspecified atom stereocenters. The topological polar surface area (TPSA) is 12.4 Å². The van der Waals surface area contributed by atoms with Gasteiger partial charge in [-0.3, -0.25) is 0 Å². The molecule has 0 rings (SSSR count). The zero-order valence-corrected chi connectivity index (χ0v) is 3.67. The van der Waals surface area contributed by atoms with Gasteiger partial charge in [0.25, 0.3) is 0 Å². The van der Waals surface area contributed by atoms with E-state index >= 15 is 0 Å². The Bertz CT molecular complexity index is 85.1. The molecule has 2 heteroatoms. The number of hydrogen-bond donors (Lipinski definition) is 0. The van der Waals surface area contributed by atoms with E-state index < -0.39 is 0 Å². The monoisotopic (exact) mass is 85.0 g/mol. The van der Waals surface area contributed by atoms with Gasteiger partial charge in [-0.15, -0.1) is 0 Å². The van der Waals surface area contributed by atoms with Gasteiger partial charge < -0.3 is 0 Å². The summed E-state index contributed by atoms with van der Waals surface area (Å²) in [7, 11) is 1.60. The third-order valence-corrected chi connectivity index (χ3v) is 0.249. The molecule has 1 nitrogen and oxygen atoms in total. The van der Waals surface area contributed by atoms with Gasteiger partial charge in [-0.25, -0.2) is 4.99 Å². The van der Waals surface area contributed by atoms with Crippen molar-refractivity contribution in [2.75, 3.05) is 7.05 Å². The summed E-state index contributed by atoms with van der Waals surface area (Å²) in [5.74, 6) is 2.30. The van der Waals surface area contributed by atoms with E-state index in [9.17, 15) is 0 Å². The number of rotatable bonds is 0. The van der Waals surface area contributed by atoms with Crippen LogP contribution in [0.25, 0.3) is 0 Å². The van der Waals surface area contributed by atoms with Crippen molar-refractivity contribution in [3.63, 3.8) is 0 Å². The Morgan fingerprint density at radius 1 is 1.80 bits per heavy atom. The van der Waals surface area contributed by atoms with Crippen LogP contribution in [0.5, 0.6) is 0 Å². The molecule has 0 aromatic heterocycles. The predicted octanol–water partition coefficient (Wildman–Crippen LogP) is 0.441. The highest BCUT2D eigenvalue weighted by Gasteiger charge is 1.29. The van der Waals surface area contributed by atoms with E-state index in [0.717, 1.165) is 0 Å². The fourth-order valence-electron chi connectivity index (χ4n) is 0.0456. The second-order valence-electron chi connectivity index (χ2n) is 0.437. The SMILES string of the molecule is CN=C=C=S. The Labute approximate surface area is 36.0 Å². The Morgan fingerprint density at radius 3 is 2.40 bits per heavy atom. The molecule has 0 heterocycles. The van der Waals surface area contributed by atoms with E-state index in [4.69, 9.17) is 0 Å². The van der Waals surface area contributed by atoms with Crippen LogP contribution in [0.2, 0.25) is 0 Å². The average molecular weight is 85.1 g/mol. The van der Waals surface area contributed by atoms with Gasteiger partial charge in [0.05, 0.1) is 0 Å². The van der Waals surface area contributed by atoms with Crippen LogP contribution in [0.1, 0.15) is 0 Å². The molecule has 0 radical (unpaired) electrons. The molecule has 0 aliphatic carbocycles. The van der Waals surface area contributed by atoms with Crippen LogP contribution in [-0.2, 0) is 0 Å². The van der Waals surface area contributed by atoms with Crippen LogP contribution >= 0.6 is 12.2 Å². The summed E-state index contributed by atoms with van der Waals surface area (Å²) in [6, 6.07) is 0. The zero-order valence-electron chi connectivity index (χ0n) is 2.86. The minimum absolute atomic E-state index is 1.60. The van der Waals surface area contributed by atoms with Gasteiger partial charge in [-0.05, 0) is 12.2 Å². The summed E-state index contributed by atoms with van der Waals surface area (Å²) < 4.78 is 0. The first kappa shape index (κ1) is 4.58. The van der Waals surface area contributed by atoms with Crippen molar-refractivity contribution in [1.82, 2.24) is 0 Å². The lowest BCUT2D eigenvalue weighted by Crippen LogP contribution is -1.44. The van der Waals surface area contributed by atoms with Crippen LogP contribution < -0.4 is 0 Å². The van der Waals surface area contributed by atoms with Crippen LogP contribution in [0, 0.1) is 0 Å². The van der Waals surface area contributed by atoms with Gasteiger partial charge in [-0.2, -0.15) is 0 Å². The van der Waals surface area contributed by atoms with E-state index in [0.29, 0.717) is 0 Å². The van der Waals surface area contributed by atoms with Crippen molar-refractivity contribution in [3.8, 4) is 0 Å². The molecular weight excluding hydrogens is 82.1 g/mol. The molecule has 0 saturated heterocycles. The third-order valence-electron chi connectivity index (χ3n) is 0.157. The summed E-state index contributed by atoms with van der Waals surface area (Å²) in [5.41, 5.74) is 0. The first-order chi connectivity index (χ1) is 2.41. The van der Waals surface area contributed by atoms with Gasteiger partial charge in [0, 0.05) is 17.9 Å². The standard InChI is InChI=1S/C3H3NS/c1-4-2-3-5/h1H3. The van der Waals surface area contributed by atoms with Crippen molar-refractivity contribution < 1.29 is 0 Å². The highest BCUT2D eigenvalue weighted by atomic mass is 32.1. The summed E-state index contributed by atoms with van der Waals surface area (Å²) in [6.45, 7) is 0. The van der Waals surface area contributed by atoms with E-state index in [-0.39, 0.29) is 0 Å². The molecule has 5 heavy (non-hydrogen) atoms. The van der Waals surface area contributed by atoms with Gasteiger partial charge in [-0.1, -0.05) is 0 Å². The molecule has 0 saturated carbocycles. The summed E-state index contributed by atoms with van der Waals surface area (Å²) in [6.07, 6.45) is 0. The van der Waals surface area contributed by atoms with Crippen LogP contribution in [0.4, 0.5) is 0 Å². The van der Waals surface area contributed by atoms with E-state index in [1.54, 1.807) is 7.05 Å². The molecular formula is C3H3NS. The highest BCUT2D eigenvalue weighted by molar-refractivity contribution is 7.78. The summed E-state index contributed by atoms with van der Waals surface area (Å²) >= 11 is 4.20. The number of aliphatic imine (C=N–C) groups is 1. The van der Waals surface area contributed by atoms with Crippen LogP contribution in [0.15, 0.2) is 4.99 Å². The molecule has 0 aromatic carbocycles. The number of nitrogens with zero attached hydrogens (tertiary/aromatic N) is 1. The number of hydrogen-bond acceptors (Lipinski definition) is 2. The molecule has 0 N–H and O–H groups in total. The van der Waals surface area contributed by atoms with Crippen LogP contribution in [0.3, 0.4) is 0 Å². The maximum absolute atomic E-state index is 4.20. The quantitative estimate of drug-likeness (QED) is 0.307. The minimum atomic E-state index is 1.60. The summed E-state index contributed by atoms with van der Waals surface area (Å²) in [4.78, 5) is 3.39. The lowest BCUT2D eigenvalue weighted by atomic mass is 11.1. The normalized spacial score (nSPS) is 4.20. The van der Waals surface area contributed by atoms with Gasteiger partial charge in [0.2, 0.25) is 0 Å². The van der Waals surface area contributed by atoms with Crippen molar-refractivity contribution in [3.05, 3.63) is 0 Å². The highest BCUT2D eigenvalue weighted by Crippen LogP contribution is 1.33. The molecule has 26 valence electrons. The lowest BCUT2D eigenvalue weighted by molar-refractivity contribution is 1.49. The Morgan fingerprint density at radius 2 is 2.40 bits per heavy atom. The summed E-state index contributed by atoms with van der Waals surface area (Å²) in [5, 5.41) is 2.18. The van der Waals surface area contributed by atoms with E-state index in [1.165, 1.54) is 0 Å². The predicted molar refractivity (Wildman–Crippen MR) is 26.0 cm³/mol. The second kappa shape index (κ2) is 3.58. The van der Waals surface area contributed by atoms with Crippen molar-refractivity contribution >= 4 is 23.1 Å².